The molecule has 0 amide bonds. The van der Waals surface area contributed by atoms with Crippen molar-refractivity contribution in [2.75, 3.05) is 13.0 Å². The average molecular weight is 311 g/mol. The van der Waals surface area contributed by atoms with Crippen molar-refractivity contribution in [2.24, 2.45) is 0 Å². The number of imidazole rings is 1. The van der Waals surface area contributed by atoms with Crippen LogP contribution in [-0.4, -0.2) is 38.4 Å². The molecule has 0 aromatic carbocycles. The van der Waals surface area contributed by atoms with Crippen LogP contribution >= 0.6 is 11.6 Å². The molecule has 0 N–H and O–H groups in total. The smallest absolute Gasteiger partial charge is 0.159 e. The third-order valence-corrected chi connectivity index (χ3v) is 4.68. The Morgan fingerprint density at radius 2 is 2.19 bits per heavy atom. The van der Waals surface area contributed by atoms with E-state index in [1.54, 1.807) is 7.11 Å². The lowest BCUT2D eigenvalue weighted by molar-refractivity contribution is 0.0749. The minimum absolute atomic E-state index is 0.261. The minimum Gasteiger partial charge on any atom is -0.379 e. The minimum atomic E-state index is 0.261. The largest absolute Gasteiger partial charge is 0.379 e. The Bertz CT molecular complexity index is 633. The molecule has 0 aliphatic heterocycles. The molecule has 2 aromatic heterocycles. The van der Waals surface area contributed by atoms with E-state index < -0.39 is 0 Å². The van der Waals surface area contributed by atoms with Crippen molar-refractivity contribution in [1.29, 1.82) is 0 Å². The van der Waals surface area contributed by atoms with Gasteiger partial charge in [-0.05, 0) is 33.1 Å². The van der Waals surface area contributed by atoms with Gasteiger partial charge in [0.15, 0.2) is 5.65 Å². The zero-order valence-electron chi connectivity index (χ0n) is 13.0. The highest BCUT2D eigenvalue weighted by molar-refractivity contribution is 6.17. The summed E-state index contributed by atoms with van der Waals surface area (Å²) in [5, 5.41) is 4.61. The molecule has 116 valence electrons. The van der Waals surface area contributed by atoms with Crippen LogP contribution in [0.4, 0.5) is 0 Å². The molecule has 0 spiro atoms. The predicted octanol–water partition coefficient (Wildman–Crippen LogP) is 3.08. The maximum atomic E-state index is 5.99. The van der Waals surface area contributed by atoms with Gasteiger partial charge in [0.05, 0.1) is 17.8 Å². The number of ether oxygens (including phenoxy) is 1. The summed E-state index contributed by atoms with van der Waals surface area (Å²) in [5.41, 5.74) is 3.14. The van der Waals surface area contributed by atoms with Gasteiger partial charge in [0.2, 0.25) is 0 Å². The van der Waals surface area contributed by atoms with Crippen molar-refractivity contribution in [2.45, 2.75) is 58.2 Å². The summed E-state index contributed by atoms with van der Waals surface area (Å²) in [7, 11) is 1.81. The van der Waals surface area contributed by atoms with E-state index in [1.165, 1.54) is 6.42 Å². The highest BCUT2D eigenvalue weighted by Gasteiger charge is 2.33. The molecule has 1 aliphatic rings. The predicted molar refractivity (Wildman–Crippen MR) is 84.0 cm³/mol. The van der Waals surface area contributed by atoms with Gasteiger partial charge < -0.3 is 9.30 Å². The molecule has 3 rings (SSSR count). The molecule has 5 nitrogen and oxygen atoms in total. The molecule has 2 aromatic rings. The van der Waals surface area contributed by atoms with Crippen molar-refractivity contribution >= 4 is 22.8 Å². The fraction of sp³-hybridized carbons (Fsp3) is 0.733. The number of halogens is 1. The van der Waals surface area contributed by atoms with Crippen LogP contribution in [-0.2, 0) is 17.7 Å². The Balaban J connectivity index is 2.19. The van der Waals surface area contributed by atoms with Gasteiger partial charge in [-0.15, -0.1) is 11.6 Å². The fourth-order valence-corrected chi connectivity index (χ4v) is 3.71. The van der Waals surface area contributed by atoms with Gasteiger partial charge in [-0.2, -0.15) is 5.10 Å². The number of methoxy groups -OCH3 is 1. The van der Waals surface area contributed by atoms with Gasteiger partial charge >= 0.3 is 0 Å². The van der Waals surface area contributed by atoms with Crippen LogP contribution in [0.5, 0.6) is 0 Å². The van der Waals surface area contributed by atoms with Gasteiger partial charge in [0.1, 0.15) is 11.3 Å². The van der Waals surface area contributed by atoms with Crippen molar-refractivity contribution in [3.8, 4) is 0 Å². The maximum absolute atomic E-state index is 5.99. The maximum Gasteiger partial charge on any atom is 0.159 e. The summed E-state index contributed by atoms with van der Waals surface area (Å²) < 4.78 is 10.1. The zero-order valence-corrected chi connectivity index (χ0v) is 13.7. The quantitative estimate of drug-likeness (QED) is 0.797. The lowest BCUT2D eigenvalue weighted by atomic mass is 10.2. The van der Waals surface area contributed by atoms with Crippen LogP contribution in [0.15, 0.2) is 0 Å². The van der Waals surface area contributed by atoms with E-state index in [4.69, 9.17) is 21.3 Å². The summed E-state index contributed by atoms with van der Waals surface area (Å²) in [4.78, 5) is 4.82. The van der Waals surface area contributed by atoms with E-state index in [2.05, 4.69) is 21.3 Å². The van der Waals surface area contributed by atoms with Crippen molar-refractivity contribution in [3.63, 3.8) is 0 Å². The van der Waals surface area contributed by atoms with Crippen LogP contribution in [0.3, 0.4) is 0 Å². The molecule has 1 saturated carbocycles. The third-order valence-electron chi connectivity index (χ3n) is 4.49. The first-order chi connectivity index (χ1) is 10.2. The Morgan fingerprint density at radius 3 is 2.86 bits per heavy atom. The van der Waals surface area contributed by atoms with Crippen molar-refractivity contribution in [3.05, 3.63) is 11.5 Å². The van der Waals surface area contributed by atoms with Crippen LogP contribution in [0.1, 0.15) is 43.7 Å². The number of alkyl halides is 1. The molecular weight excluding hydrogens is 288 g/mol. The van der Waals surface area contributed by atoms with Gasteiger partial charge in [0.25, 0.3) is 0 Å². The van der Waals surface area contributed by atoms with E-state index in [-0.39, 0.29) is 6.10 Å². The van der Waals surface area contributed by atoms with Crippen LogP contribution in [0.2, 0.25) is 0 Å². The number of fused-ring (bicyclic) bond motifs is 1. The third kappa shape index (κ3) is 2.36. The molecule has 6 heteroatoms. The summed E-state index contributed by atoms with van der Waals surface area (Å²) in [6.07, 6.45) is 4.49. The molecule has 1 aliphatic carbocycles. The van der Waals surface area contributed by atoms with Gasteiger partial charge in [-0.25, -0.2) is 9.67 Å². The number of aryl methyl sites for hydroxylation is 3. The SMILES string of the molecule is CCn1nc(C)c2nc(CCCl)n(C3CCCC3OC)c21. The summed E-state index contributed by atoms with van der Waals surface area (Å²) in [6, 6.07) is 0.347. The lowest BCUT2D eigenvalue weighted by Crippen LogP contribution is -2.23. The Morgan fingerprint density at radius 1 is 1.38 bits per heavy atom. The number of hydrogen-bond donors (Lipinski definition) is 0. The van der Waals surface area contributed by atoms with Gasteiger partial charge in [0, 0.05) is 26.0 Å². The molecular formula is C15H23ClN4O. The van der Waals surface area contributed by atoms with Crippen molar-refractivity contribution in [1.82, 2.24) is 19.3 Å². The van der Waals surface area contributed by atoms with Crippen LogP contribution in [0, 0.1) is 6.92 Å². The van der Waals surface area contributed by atoms with E-state index in [0.29, 0.717) is 11.9 Å². The second-order valence-electron chi connectivity index (χ2n) is 5.68. The second-order valence-corrected chi connectivity index (χ2v) is 6.06. The number of rotatable bonds is 5. The Kier molecular flexibility index (Phi) is 4.22. The van der Waals surface area contributed by atoms with Crippen LogP contribution in [0.25, 0.3) is 11.2 Å². The summed E-state index contributed by atoms with van der Waals surface area (Å²) in [5.74, 6) is 1.65. The fourth-order valence-electron chi connectivity index (χ4n) is 3.54. The van der Waals surface area contributed by atoms with Gasteiger partial charge in [-0.3, -0.25) is 0 Å². The topological polar surface area (TPSA) is 44.9 Å². The normalized spacial score (nSPS) is 22.5. The number of nitrogens with zero attached hydrogens (tertiary/aromatic N) is 4. The molecule has 0 radical (unpaired) electrons. The Hall–Kier alpha value is -1.07. The summed E-state index contributed by atoms with van der Waals surface area (Å²) >= 11 is 5.99. The molecule has 2 heterocycles. The first-order valence-electron chi connectivity index (χ1n) is 7.74. The van der Waals surface area contributed by atoms with E-state index in [1.807, 2.05) is 6.92 Å². The molecule has 21 heavy (non-hydrogen) atoms. The zero-order chi connectivity index (χ0) is 15.0. The molecule has 2 atom stereocenters. The Labute approximate surface area is 130 Å². The van der Waals surface area contributed by atoms with Crippen molar-refractivity contribution < 1.29 is 4.74 Å². The van der Waals surface area contributed by atoms with Gasteiger partial charge in [-0.1, -0.05) is 0 Å². The first kappa shape index (κ1) is 14.9. The highest BCUT2D eigenvalue weighted by atomic mass is 35.5. The number of hydrogen-bond acceptors (Lipinski definition) is 3. The average Bonchev–Trinajstić information content (AvgIpc) is 3.14. The molecule has 0 bridgehead atoms. The first-order valence-corrected chi connectivity index (χ1v) is 8.27. The molecule has 0 saturated heterocycles. The second kappa shape index (κ2) is 5.97. The molecule has 1 fully saturated rings. The van der Waals surface area contributed by atoms with E-state index >= 15 is 0 Å². The molecule has 2 unspecified atom stereocenters. The number of aromatic nitrogens is 4. The lowest BCUT2D eigenvalue weighted by Gasteiger charge is -2.22. The van der Waals surface area contributed by atoms with E-state index in [9.17, 15) is 0 Å². The highest BCUT2D eigenvalue weighted by Crippen LogP contribution is 2.36. The monoisotopic (exact) mass is 310 g/mol. The standard InChI is InChI=1S/C15H23ClN4O/c1-4-19-15-14(10(2)18-19)17-13(8-9-16)20(15)11-6-5-7-12(11)21-3/h11-12H,4-9H2,1-3H3. The van der Waals surface area contributed by atoms with Crippen LogP contribution < -0.4 is 0 Å². The summed E-state index contributed by atoms with van der Waals surface area (Å²) in [6.45, 7) is 4.99. The van der Waals surface area contributed by atoms with E-state index in [0.717, 1.165) is 48.5 Å².